The summed E-state index contributed by atoms with van der Waals surface area (Å²) in [4.78, 5) is 28.5. The zero-order valence-corrected chi connectivity index (χ0v) is 17.6. The fraction of sp³-hybridized carbons (Fsp3) is 0.364. The summed E-state index contributed by atoms with van der Waals surface area (Å²) in [6, 6.07) is 9.97. The Morgan fingerprint density at radius 2 is 1.77 bits per heavy atom. The SMILES string of the molecule is CN1CCc2cc(C(CNC(=O)C(=O)Nc3ccc(C(F)(F)F)cc3)N(C)C)ccc21. The quantitative estimate of drug-likeness (QED) is 0.710. The largest absolute Gasteiger partial charge is 0.416 e. The number of alkyl halides is 3. The van der Waals surface area contributed by atoms with E-state index in [2.05, 4.69) is 27.7 Å². The summed E-state index contributed by atoms with van der Waals surface area (Å²) >= 11 is 0. The molecular formula is C22H25F3N4O2. The van der Waals surface area contributed by atoms with Gasteiger partial charge < -0.3 is 20.4 Å². The number of carbonyl (C=O) groups is 2. The summed E-state index contributed by atoms with van der Waals surface area (Å²) in [7, 11) is 5.82. The Morgan fingerprint density at radius 1 is 1.10 bits per heavy atom. The third-order valence-corrected chi connectivity index (χ3v) is 5.37. The van der Waals surface area contributed by atoms with Crippen LogP contribution in [0.15, 0.2) is 42.5 Å². The van der Waals surface area contributed by atoms with Crippen molar-refractivity contribution in [1.82, 2.24) is 10.2 Å². The van der Waals surface area contributed by atoms with Gasteiger partial charge in [-0.2, -0.15) is 13.2 Å². The van der Waals surface area contributed by atoms with Gasteiger partial charge in [0.2, 0.25) is 0 Å². The van der Waals surface area contributed by atoms with Crippen molar-refractivity contribution in [1.29, 1.82) is 0 Å². The molecular weight excluding hydrogens is 409 g/mol. The molecule has 0 saturated carbocycles. The van der Waals surface area contributed by atoms with E-state index >= 15 is 0 Å². The molecule has 2 aromatic rings. The lowest BCUT2D eigenvalue weighted by Crippen LogP contribution is -2.40. The third-order valence-electron chi connectivity index (χ3n) is 5.37. The predicted octanol–water partition coefficient (Wildman–Crippen LogP) is 3.06. The molecule has 1 aliphatic heterocycles. The van der Waals surface area contributed by atoms with Gasteiger partial charge in [0, 0.05) is 31.5 Å². The van der Waals surface area contributed by atoms with Gasteiger partial charge in [-0.05, 0) is 62.0 Å². The van der Waals surface area contributed by atoms with Crippen molar-refractivity contribution >= 4 is 23.2 Å². The molecule has 1 aliphatic rings. The van der Waals surface area contributed by atoms with Crippen LogP contribution in [0.1, 0.15) is 22.7 Å². The van der Waals surface area contributed by atoms with Gasteiger partial charge in [-0.15, -0.1) is 0 Å². The molecule has 2 amide bonds. The molecule has 0 saturated heterocycles. The van der Waals surface area contributed by atoms with E-state index in [0.717, 1.165) is 42.8 Å². The minimum absolute atomic E-state index is 0.111. The standard InChI is InChI=1S/C22H25F3N4O2/c1-28(2)19(14-4-9-18-15(12-14)10-11-29(18)3)13-26-20(30)21(31)27-17-7-5-16(6-8-17)22(23,24)25/h4-9,12,19H,10-11,13H2,1-3H3,(H,26,30)(H,27,31). The first-order valence-corrected chi connectivity index (χ1v) is 9.83. The summed E-state index contributed by atoms with van der Waals surface area (Å²) in [5.74, 6) is -1.79. The Hall–Kier alpha value is -3.07. The van der Waals surface area contributed by atoms with Crippen LogP contribution in [-0.2, 0) is 22.2 Å². The van der Waals surface area contributed by atoms with Crippen LogP contribution in [-0.4, -0.2) is 50.9 Å². The number of rotatable bonds is 5. The lowest BCUT2D eigenvalue weighted by Gasteiger charge is -2.26. The molecule has 1 atom stereocenters. The first-order chi connectivity index (χ1) is 14.6. The second-order valence-electron chi connectivity index (χ2n) is 7.78. The van der Waals surface area contributed by atoms with Crippen LogP contribution in [0.2, 0.25) is 0 Å². The lowest BCUT2D eigenvalue weighted by molar-refractivity contribution is -0.137. The van der Waals surface area contributed by atoms with Gasteiger partial charge in [-0.25, -0.2) is 0 Å². The molecule has 2 aromatic carbocycles. The van der Waals surface area contributed by atoms with Crippen LogP contribution in [0.4, 0.5) is 24.5 Å². The summed E-state index contributed by atoms with van der Waals surface area (Å²) in [6.45, 7) is 1.17. The number of likely N-dealkylation sites (N-methyl/N-ethyl adjacent to an activating group) is 2. The Kier molecular flexibility index (Phi) is 6.54. The highest BCUT2D eigenvalue weighted by Crippen LogP contribution is 2.31. The van der Waals surface area contributed by atoms with Gasteiger partial charge in [-0.1, -0.05) is 12.1 Å². The normalized spacial score (nSPS) is 14.4. The van der Waals surface area contributed by atoms with Crippen LogP contribution in [0.5, 0.6) is 0 Å². The maximum Gasteiger partial charge on any atom is 0.416 e. The van der Waals surface area contributed by atoms with Gasteiger partial charge in [-0.3, -0.25) is 9.59 Å². The number of anilines is 2. The highest BCUT2D eigenvalue weighted by atomic mass is 19.4. The molecule has 1 unspecified atom stereocenters. The molecule has 1 heterocycles. The van der Waals surface area contributed by atoms with Crippen molar-refractivity contribution in [3.8, 4) is 0 Å². The molecule has 6 nitrogen and oxygen atoms in total. The van der Waals surface area contributed by atoms with Crippen LogP contribution in [0.25, 0.3) is 0 Å². The first-order valence-electron chi connectivity index (χ1n) is 9.83. The van der Waals surface area contributed by atoms with E-state index in [1.165, 1.54) is 11.3 Å². The number of nitrogens with one attached hydrogen (secondary N) is 2. The number of hydrogen-bond donors (Lipinski definition) is 2. The van der Waals surface area contributed by atoms with E-state index in [1.54, 1.807) is 0 Å². The number of hydrogen-bond acceptors (Lipinski definition) is 4. The molecule has 166 valence electrons. The Balaban J connectivity index is 1.60. The zero-order valence-electron chi connectivity index (χ0n) is 17.6. The summed E-state index contributed by atoms with van der Waals surface area (Å²) in [6.07, 6.45) is -3.50. The third kappa shape index (κ3) is 5.35. The number of fused-ring (bicyclic) bond motifs is 1. The Labute approximate surface area is 179 Å². The summed E-state index contributed by atoms with van der Waals surface area (Å²) < 4.78 is 37.9. The minimum Gasteiger partial charge on any atom is -0.374 e. The molecule has 0 aromatic heterocycles. The van der Waals surface area contributed by atoms with Crippen molar-refractivity contribution < 1.29 is 22.8 Å². The molecule has 9 heteroatoms. The molecule has 0 radical (unpaired) electrons. The zero-order chi connectivity index (χ0) is 22.8. The Bertz CT molecular complexity index is 958. The second-order valence-corrected chi connectivity index (χ2v) is 7.78. The molecule has 0 bridgehead atoms. The number of carbonyl (C=O) groups excluding carboxylic acids is 2. The van der Waals surface area contributed by atoms with E-state index in [1.807, 2.05) is 32.1 Å². The van der Waals surface area contributed by atoms with Crippen LogP contribution >= 0.6 is 0 Å². The smallest absolute Gasteiger partial charge is 0.374 e. The van der Waals surface area contributed by atoms with E-state index in [4.69, 9.17) is 0 Å². The van der Waals surface area contributed by atoms with Crippen molar-refractivity contribution in [3.05, 3.63) is 59.2 Å². The van der Waals surface area contributed by atoms with Gasteiger partial charge in [0.1, 0.15) is 0 Å². The van der Waals surface area contributed by atoms with Crippen LogP contribution in [0, 0.1) is 0 Å². The fourth-order valence-corrected chi connectivity index (χ4v) is 3.59. The van der Waals surface area contributed by atoms with Gasteiger partial charge in [0.25, 0.3) is 0 Å². The molecule has 3 rings (SSSR count). The van der Waals surface area contributed by atoms with Gasteiger partial charge in [0.05, 0.1) is 11.6 Å². The number of amides is 2. The monoisotopic (exact) mass is 434 g/mol. The van der Waals surface area contributed by atoms with E-state index in [0.29, 0.717) is 0 Å². The van der Waals surface area contributed by atoms with E-state index in [-0.39, 0.29) is 18.3 Å². The lowest BCUT2D eigenvalue weighted by atomic mass is 10.0. The van der Waals surface area contributed by atoms with Crippen molar-refractivity contribution in [2.24, 2.45) is 0 Å². The number of halogens is 3. The van der Waals surface area contributed by atoms with Crippen LogP contribution in [0.3, 0.4) is 0 Å². The fourth-order valence-electron chi connectivity index (χ4n) is 3.59. The number of nitrogens with zero attached hydrogens (tertiary/aromatic N) is 2. The van der Waals surface area contributed by atoms with Gasteiger partial charge >= 0.3 is 18.0 Å². The van der Waals surface area contributed by atoms with E-state index in [9.17, 15) is 22.8 Å². The molecule has 31 heavy (non-hydrogen) atoms. The molecule has 0 spiro atoms. The maximum absolute atomic E-state index is 12.6. The van der Waals surface area contributed by atoms with Crippen molar-refractivity contribution in [2.45, 2.75) is 18.6 Å². The average Bonchev–Trinajstić information content (AvgIpc) is 3.07. The van der Waals surface area contributed by atoms with Crippen molar-refractivity contribution in [3.63, 3.8) is 0 Å². The maximum atomic E-state index is 12.6. The minimum atomic E-state index is -4.46. The Morgan fingerprint density at radius 3 is 2.39 bits per heavy atom. The highest BCUT2D eigenvalue weighted by molar-refractivity contribution is 6.39. The predicted molar refractivity (Wildman–Crippen MR) is 113 cm³/mol. The molecule has 0 aliphatic carbocycles. The van der Waals surface area contributed by atoms with E-state index < -0.39 is 23.6 Å². The summed E-state index contributed by atoms with van der Waals surface area (Å²) in [5, 5.41) is 4.93. The van der Waals surface area contributed by atoms with Crippen LogP contribution < -0.4 is 15.5 Å². The summed E-state index contributed by atoms with van der Waals surface area (Å²) in [5.41, 5.74) is 2.76. The number of benzene rings is 2. The van der Waals surface area contributed by atoms with Crippen molar-refractivity contribution in [2.75, 3.05) is 44.4 Å². The molecule has 2 N–H and O–H groups in total. The highest BCUT2D eigenvalue weighted by Gasteiger charge is 2.30. The molecule has 0 fully saturated rings. The topological polar surface area (TPSA) is 64.7 Å². The second kappa shape index (κ2) is 8.97. The van der Waals surface area contributed by atoms with Gasteiger partial charge in [0.15, 0.2) is 0 Å². The first kappa shape index (κ1) is 22.6. The average molecular weight is 434 g/mol.